The number of carbonyl (C=O) groups is 2. The van der Waals surface area contributed by atoms with Gasteiger partial charge in [-0.1, -0.05) is 29.8 Å². The normalized spacial score (nSPS) is 15.8. The highest BCUT2D eigenvalue weighted by atomic mass is 35.5. The van der Waals surface area contributed by atoms with E-state index in [4.69, 9.17) is 16.3 Å². The molecule has 0 bridgehead atoms. The van der Waals surface area contributed by atoms with Crippen LogP contribution in [0.25, 0.3) is 0 Å². The maximum Gasteiger partial charge on any atom is 0.252 e. The van der Waals surface area contributed by atoms with Gasteiger partial charge in [-0.25, -0.2) is 0 Å². The van der Waals surface area contributed by atoms with Crippen LogP contribution >= 0.6 is 11.6 Å². The van der Waals surface area contributed by atoms with E-state index in [1.807, 2.05) is 30.3 Å². The first kappa shape index (κ1) is 18.3. The number of rotatable bonds is 6. The Balaban J connectivity index is 1.47. The van der Waals surface area contributed by atoms with Gasteiger partial charge in [-0.3, -0.25) is 9.59 Å². The molecule has 26 heavy (non-hydrogen) atoms. The first-order valence-electron chi connectivity index (χ1n) is 8.56. The number of fused-ring (bicyclic) bond motifs is 1. The van der Waals surface area contributed by atoms with Gasteiger partial charge in [0.15, 0.2) is 0 Å². The third-order valence-electron chi connectivity index (χ3n) is 4.39. The molecule has 1 aliphatic heterocycles. The monoisotopic (exact) mass is 372 g/mol. The smallest absolute Gasteiger partial charge is 0.252 e. The Morgan fingerprint density at radius 2 is 1.96 bits per heavy atom. The number of halogens is 1. The van der Waals surface area contributed by atoms with Gasteiger partial charge in [0.05, 0.1) is 6.61 Å². The summed E-state index contributed by atoms with van der Waals surface area (Å²) in [6, 6.07) is 14.0. The van der Waals surface area contributed by atoms with Crippen LogP contribution in [0.5, 0.6) is 5.75 Å². The summed E-state index contributed by atoms with van der Waals surface area (Å²) in [5.74, 6) is 0.476. The molecule has 136 valence electrons. The van der Waals surface area contributed by atoms with Crippen molar-refractivity contribution in [2.75, 3.05) is 20.2 Å². The fraction of sp³-hybridized carbons (Fsp3) is 0.300. The molecule has 0 fully saturated rings. The predicted molar refractivity (Wildman–Crippen MR) is 101 cm³/mol. The second-order valence-electron chi connectivity index (χ2n) is 6.30. The fourth-order valence-electron chi connectivity index (χ4n) is 2.97. The van der Waals surface area contributed by atoms with E-state index < -0.39 is 6.04 Å². The molecule has 0 aliphatic carbocycles. The molecular formula is C20H21ClN2O3. The fourth-order valence-corrected chi connectivity index (χ4v) is 3.10. The van der Waals surface area contributed by atoms with Gasteiger partial charge in [0.25, 0.3) is 5.91 Å². The number of carbonyl (C=O) groups excluding carboxylic acids is 2. The summed E-state index contributed by atoms with van der Waals surface area (Å²) in [6.45, 7) is 1.06. The van der Waals surface area contributed by atoms with Gasteiger partial charge in [0.1, 0.15) is 11.8 Å². The number of hydrogen-bond acceptors (Lipinski definition) is 3. The summed E-state index contributed by atoms with van der Waals surface area (Å²) in [5, 5.41) is 3.47. The first-order chi connectivity index (χ1) is 12.5. The SMILES string of the molecule is CN(CCCOc1ccc(Cl)cc1)C(=O)C1Cc2ccccc2C(=O)N1. The molecular weight excluding hydrogens is 352 g/mol. The highest BCUT2D eigenvalue weighted by Crippen LogP contribution is 2.18. The molecule has 1 unspecified atom stereocenters. The average molecular weight is 373 g/mol. The minimum absolute atomic E-state index is 0.0839. The van der Waals surface area contributed by atoms with E-state index in [1.54, 1.807) is 30.1 Å². The molecule has 2 aromatic carbocycles. The van der Waals surface area contributed by atoms with E-state index in [0.717, 1.165) is 11.3 Å². The van der Waals surface area contributed by atoms with Crippen LogP contribution in [-0.4, -0.2) is 43.0 Å². The molecule has 2 amide bonds. The number of likely N-dealkylation sites (N-methyl/N-ethyl adjacent to an activating group) is 1. The van der Waals surface area contributed by atoms with E-state index in [2.05, 4.69) is 5.32 Å². The van der Waals surface area contributed by atoms with Gasteiger partial charge in [-0.15, -0.1) is 0 Å². The summed E-state index contributed by atoms with van der Waals surface area (Å²) in [4.78, 5) is 26.4. The lowest BCUT2D eigenvalue weighted by Gasteiger charge is -2.28. The van der Waals surface area contributed by atoms with Crippen molar-refractivity contribution >= 4 is 23.4 Å². The molecule has 0 radical (unpaired) electrons. The maximum absolute atomic E-state index is 12.6. The summed E-state index contributed by atoms with van der Waals surface area (Å²) < 4.78 is 5.63. The van der Waals surface area contributed by atoms with E-state index in [-0.39, 0.29) is 11.8 Å². The zero-order valence-electron chi connectivity index (χ0n) is 14.6. The molecule has 0 spiro atoms. The molecule has 1 aliphatic rings. The Morgan fingerprint density at radius 3 is 2.73 bits per heavy atom. The van der Waals surface area contributed by atoms with Gasteiger partial charge in [0.2, 0.25) is 5.91 Å². The van der Waals surface area contributed by atoms with Crippen molar-refractivity contribution in [1.82, 2.24) is 10.2 Å². The van der Waals surface area contributed by atoms with Crippen molar-refractivity contribution in [3.05, 3.63) is 64.7 Å². The summed E-state index contributed by atoms with van der Waals surface area (Å²) >= 11 is 5.84. The molecule has 5 nitrogen and oxygen atoms in total. The molecule has 1 heterocycles. The predicted octanol–water partition coefficient (Wildman–Crippen LogP) is 2.92. The number of ether oxygens (including phenoxy) is 1. The number of hydrogen-bond donors (Lipinski definition) is 1. The third kappa shape index (κ3) is 4.35. The Labute approximate surface area is 157 Å². The Bertz CT molecular complexity index is 792. The Hall–Kier alpha value is -2.53. The topological polar surface area (TPSA) is 58.6 Å². The zero-order valence-corrected chi connectivity index (χ0v) is 15.3. The molecule has 6 heteroatoms. The van der Waals surface area contributed by atoms with Gasteiger partial charge >= 0.3 is 0 Å². The van der Waals surface area contributed by atoms with Crippen molar-refractivity contribution < 1.29 is 14.3 Å². The van der Waals surface area contributed by atoms with Crippen molar-refractivity contribution in [2.45, 2.75) is 18.9 Å². The van der Waals surface area contributed by atoms with Gasteiger partial charge in [-0.05, 0) is 42.3 Å². The van der Waals surface area contributed by atoms with Crippen molar-refractivity contribution in [1.29, 1.82) is 0 Å². The minimum Gasteiger partial charge on any atom is -0.494 e. The van der Waals surface area contributed by atoms with Gasteiger partial charge in [0, 0.05) is 30.6 Å². The third-order valence-corrected chi connectivity index (χ3v) is 4.64. The van der Waals surface area contributed by atoms with Crippen LogP contribution < -0.4 is 10.1 Å². The Morgan fingerprint density at radius 1 is 1.23 bits per heavy atom. The summed E-state index contributed by atoms with van der Waals surface area (Å²) in [7, 11) is 1.75. The van der Waals surface area contributed by atoms with E-state index in [1.165, 1.54) is 0 Å². The molecule has 3 rings (SSSR count). The largest absolute Gasteiger partial charge is 0.494 e. The number of amides is 2. The zero-order chi connectivity index (χ0) is 18.5. The molecule has 2 aromatic rings. The van der Waals surface area contributed by atoms with E-state index in [9.17, 15) is 9.59 Å². The molecule has 0 saturated heterocycles. The van der Waals surface area contributed by atoms with Crippen LogP contribution in [0.15, 0.2) is 48.5 Å². The van der Waals surface area contributed by atoms with Gasteiger partial charge < -0.3 is 15.0 Å². The van der Waals surface area contributed by atoms with E-state index in [0.29, 0.717) is 36.6 Å². The van der Waals surface area contributed by atoms with Crippen LogP contribution in [-0.2, 0) is 11.2 Å². The highest BCUT2D eigenvalue weighted by molar-refractivity contribution is 6.30. The number of benzene rings is 2. The second kappa shape index (κ2) is 8.23. The van der Waals surface area contributed by atoms with Gasteiger partial charge in [-0.2, -0.15) is 0 Å². The van der Waals surface area contributed by atoms with Crippen LogP contribution in [0.2, 0.25) is 5.02 Å². The lowest BCUT2D eigenvalue weighted by atomic mass is 9.94. The first-order valence-corrected chi connectivity index (χ1v) is 8.94. The number of nitrogens with zero attached hydrogens (tertiary/aromatic N) is 1. The molecule has 0 aromatic heterocycles. The molecule has 1 atom stereocenters. The summed E-state index contributed by atoms with van der Waals surface area (Å²) in [5.41, 5.74) is 1.56. The van der Waals surface area contributed by atoms with Crippen molar-refractivity contribution in [3.8, 4) is 5.75 Å². The Kier molecular flexibility index (Phi) is 5.78. The second-order valence-corrected chi connectivity index (χ2v) is 6.74. The summed E-state index contributed by atoms with van der Waals surface area (Å²) in [6.07, 6.45) is 1.22. The van der Waals surface area contributed by atoms with Crippen LogP contribution in [0.4, 0.5) is 0 Å². The molecule has 1 N–H and O–H groups in total. The van der Waals surface area contributed by atoms with E-state index >= 15 is 0 Å². The van der Waals surface area contributed by atoms with Crippen molar-refractivity contribution in [2.24, 2.45) is 0 Å². The average Bonchev–Trinajstić information content (AvgIpc) is 2.66. The maximum atomic E-state index is 12.6. The highest BCUT2D eigenvalue weighted by Gasteiger charge is 2.30. The van der Waals surface area contributed by atoms with Crippen LogP contribution in [0.1, 0.15) is 22.3 Å². The standard InChI is InChI=1S/C20H21ClN2O3/c1-23(11-4-12-26-16-9-7-15(21)8-10-16)20(25)18-13-14-5-2-3-6-17(14)19(24)22-18/h2-3,5-10,18H,4,11-13H2,1H3,(H,22,24). The lowest BCUT2D eigenvalue weighted by Crippen LogP contribution is -2.51. The lowest BCUT2D eigenvalue weighted by molar-refractivity contribution is -0.132. The molecule has 0 saturated carbocycles. The quantitative estimate of drug-likeness (QED) is 0.793. The van der Waals surface area contributed by atoms with Crippen LogP contribution in [0.3, 0.4) is 0 Å². The minimum atomic E-state index is -0.514. The van der Waals surface area contributed by atoms with Crippen LogP contribution in [0, 0.1) is 0 Å². The number of nitrogens with one attached hydrogen (secondary N) is 1. The van der Waals surface area contributed by atoms with Crippen molar-refractivity contribution in [3.63, 3.8) is 0 Å².